The van der Waals surface area contributed by atoms with E-state index in [9.17, 15) is 4.79 Å². The third kappa shape index (κ3) is 2.11. The minimum Gasteiger partial charge on any atom is -0.495 e. The summed E-state index contributed by atoms with van der Waals surface area (Å²) in [6, 6.07) is 4.77. The fourth-order valence-corrected chi connectivity index (χ4v) is 1.24. The number of nitrogens with two attached hydrogens (primary N) is 1. The van der Waals surface area contributed by atoms with Crippen molar-refractivity contribution in [1.29, 1.82) is 0 Å². The fraction of sp³-hybridized carbons (Fsp3) is 0.222. The molecule has 1 rings (SSSR count). The van der Waals surface area contributed by atoms with Crippen LogP contribution in [0, 0.1) is 6.92 Å². The van der Waals surface area contributed by atoms with Crippen molar-refractivity contribution < 1.29 is 9.53 Å². The highest BCUT2D eigenvalue weighted by Crippen LogP contribution is 2.29. The fourth-order valence-electron chi connectivity index (χ4n) is 1.08. The molecule has 0 unspecified atom stereocenters. The monoisotopic (exact) mass is 212 g/mol. The number of carbonyl (C=O) groups excluding carboxylic acids is 1. The zero-order chi connectivity index (χ0) is 10.7. The molecule has 0 heterocycles. The summed E-state index contributed by atoms with van der Waals surface area (Å²) < 4.78 is 6.12. The number of rotatable bonds is 2. The van der Waals surface area contributed by atoms with Crippen LogP contribution in [0.3, 0.4) is 0 Å². The Morgan fingerprint density at radius 2 is 2.21 bits per heavy atom. The molecule has 0 aromatic heterocycles. The number of hydrogen-bond acceptors (Lipinski definition) is 3. The standard InChI is InChI=1S/C9H12N2O2S/c1-6-3-4-8(13-2)7(5-6)11(14)9(10)12/h3-5,14H,1-2H3,(H2,10,12). The highest BCUT2D eigenvalue weighted by atomic mass is 32.1. The Bertz CT molecular complexity index is 355. The number of benzene rings is 1. The van der Waals surface area contributed by atoms with E-state index in [1.807, 2.05) is 13.0 Å². The van der Waals surface area contributed by atoms with Gasteiger partial charge in [-0.3, -0.25) is 0 Å². The van der Waals surface area contributed by atoms with Gasteiger partial charge in [-0.1, -0.05) is 18.9 Å². The Morgan fingerprint density at radius 1 is 1.57 bits per heavy atom. The molecule has 0 aliphatic rings. The highest BCUT2D eigenvalue weighted by Gasteiger charge is 2.13. The molecule has 4 nitrogen and oxygen atoms in total. The van der Waals surface area contributed by atoms with Gasteiger partial charge in [-0.25, -0.2) is 9.10 Å². The van der Waals surface area contributed by atoms with Gasteiger partial charge in [-0.15, -0.1) is 0 Å². The second kappa shape index (κ2) is 4.23. The largest absolute Gasteiger partial charge is 0.495 e. The molecular formula is C9H12N2O2S. The van der Waals surface area contributed by atoms with E-state index in [4.69, 9.17) is 10.5 Å². The maximum absolute atomic E-state index is 10.9. The minimum atomic E-state index is -0.641. The first-order chi connectivity index (χ1) is 6.56. The first-order valence-corrected chi connectivity index (χ1v) is 4.39. The lowest BCUT2D eigenvalue weighted by Gasteiger charge is -2.16. The second-order valence-corrected chi connectivity index (χ2v) is 3.23. The maximum atomic E-state index is 10.9. The van der Waals surface area contributed by atoms with Crippen LogP contribution < -0.4 is 14.8 Å². The number of thiol groups is 1. The molecular weight excluding hydrogens is 200 g/mol. The number of nitrogens with zero attached hydrogens (tertiary/aromatic N) is 1. The molecule has 0 fully saturated rings. The van der Waals surface area contributed by atoms with E-state index in [0.29, 0.717) is 11.4 Å². The van der Waals surface area contributed by atoms with Gasteiger partial charge >= 0.3 is 6.03 Å². The van der Waals surface area contributed by atoms with E-state index < -0.39 is 6.03 Å². The Morgan fingerprint density at radius 3 is 2.71 bits per heavy atom. The molecule has 0 saturated heterocycles. The quantitative estimate of drug-likeness (QED) is 0.733. The summed E-state index contributed by atoms with van der Waals surface area (Å²) in [6.45, 7) is 1.91. The number of hydrogen-bond donors (Lipinski definition) is 2. The van der Waals surface area contributed by atoms with E-state index in [1.165, 1.54) is 7.11 Å². The lowest BCUT2D eigenvalue weighted by molar-refractivity contribution is 0.257. The molecule has 0 radical (unpaired) electrons. The summed E-state index contributed by atoms with van der Waals surface area (Å²) in [7, 11) is 1.52. The van der Waals surface area contributed by atoms with E-state index in [2.05, 4.69) is 12.8 Å². The Kier molecular flexibility index (Phi) is 3.24. The number of urea groups is 1. The minimum absolute atomic E-state index is 0.545. The van der Waals surface area contributed by atoms with Crippen LogP contribution in [-0.4, -0.2) is 13.1 Å². The number of ether oxygens (including phenoxy) is 1. The summed E-state index contributed by atoms with van der Waals surface area (Å²) >= 11 is 3.96. The molecule has 0 saturated carbocycles. The zero-order valence-corrected chi connectivity index (χ0v) is 8.91. The molecule has 1 aromatic carbocycles. The van der Waals surface area contributed by atoms with Crippen molar-refractivity contribution >= 4 is 24.5 Å². The van der Waals surface area contributed by atoms with Crippen LogP contribution in [-0.2, 0) is 0 Å². The van der Waals surface area contributed by atoms with Gasteiger partial charge in [0.05, 0.1) is 12.8 Å². The van der Waals surface area contributed by atoms with E-state index >= 15 is 0 Å². The molecule has 2 amide bonds. The highest BCUT2D eigenvalue weighted by molar-refractivity contribution is 7.82. The third-order valence-corrected chi connectivity index (χ3v) is 2.18. The molecule has 1 aromatic rings. The molecule has 0 spiro atoms. The molecule has 0 aliphatic carbocycles. The van der Waals surface area contributed by atoms with Crippen LogP contribution in [0.2, 0.25) is 0 Å². The average Bonchev–Trinajstić information content (AvgIpc) is 2.16. The number of carbonyl (C=O) groups is 1. The Balaban J connectivity index is 3.16. The van der Waals surface area contributed by atoms with Crippen molar-refractivity contribution in [2.24, 2.45) is 5.73 Å². The molecule has 0 bridgehead atoms. The Hall–Kier alpha value is -1.36. The van der Waals surface area contributed by atoms with E-state index in [1.54, 1.807) is 12.1 Å². The lowest BCUT2D eigenvalue weighted by Crippen LogP contribution is -2.27. The number of amides is 2. The van der Waals surface area contributed by atoms with Crippen molar-refractivity contribution in [3.8, 4) is 5.75 Å². The van der Waals surface area contributed by atoms with Crippen LogP contribution in [0.15, 0.2) is 18.2 Å². The first-order valence-electron chi connectivity index (χ1n) is 3.99. The van der Waals surface area contributed by atoms with Crippen LogP contribution in [0.1, 0.15) is 5.56 Å². The van der Waals surface area contributed by atoms with Gasteiger partial charge in [-0.2, -0.15) is 0 Å². The molecule has 76 valence electrons. The SMILES string of the molecule is COc1ccc(C)cc1N(S)C(N)=O. The second-order valence-electron chi connectivity index (χ2n) is 2.83. The summed E-state index contributed by atoms with van der Waals surface area (Å²) in [5, 5.41) is 0. The molecule has 0 atom stereocenters. The van der Waals surface area contributed by atoms with Crippen molar-refractivity contribution in [3.05, 3.63) is 23.8 Å². The van der Waals surface area contributed by atoms with Crippen molar-refractivity contribution in [2.75, 3.05) is 11.4 Å². The smallest absolute Gasteiger partial charge is 0.329 e. The van der Waals surface area contributed by atoms with E-state index in [-0.39, 0.29) is 0 Å². The predicted octanol–water partition coefficient (Wildman–Crippen LogP) is 1.73. The first kappa shape index (κ1) is 10.7. The number of methoxy groups -OCH3 is 1. The van der Waals surface area contributed by atoms with Crippen LogP contribution >= 0.6 is 12.8 Å². The van der Waals surface area contributed by atoms with Crippen molar-refractivity contribution in [1.82, 2.24) is 0 Å². The van der Waals surface area contributed by atoms with Gasteiger partial charge < -0.3 is 10.5 Å². The van der Waals surface area contributed by atoms with Gasteiger partial charge in [0, 0.05) is 0 Å². The summed E-state index contributed by atoms with van der Waals surface area (Å²) in [5.74, 6) is 0.560. The average molecular weight is 212 g/mol. The topological polar surface area (TPSA) is 55.6 Å². The molecule has 5 heteroatoms. The summed E-state index contributed by atoms with van der Waals surface area (Å²) in [4.78, 5) is 10.9. The van der Waals surface area contributed by atoms with Crippen LogP contribution in [0.4, 0.5) is 10.5 Å². The van der Waals surface area contributed by atoms with Gasteiger partial charge in [0.1, 0.15) is 5.75 Å². The predicted molar refractivity (Wildman–Crippen MR) is 58.8 cm³/mol. The van der Waals surface area contributed by atoms with Crippen molar-refractivity contribution in [3.63, 3.8) is 0 Å². The maximum Gasteiger partial charge on any atom is 0.329 e. The van der Waals surface area contributed by atoms with Crippen LogP contribution in [0.5, 0.6) is 5.75 Å². The van der Waals surface area contributed by atoms with Gasteiger partial charge in [0.15, 0.2) is 0 Å². The lowest BCUT2D eigenvalue weighted by atomic mass is 10.2. The number of anilines is 1. The zero-order valence-electron chi connectivity index (χ0n) is 8.02. The summed E-state index contributed by atoms with van der Waals surface area (Å²) in [6.07, 6.45) is 0. The van der Waals surface area contributed by atoms with Crippen LogP contribution in [0.25, 0.3) is 0 Å². The molecule has 2 N–H and O–H groups in total. The van der Waals surface area contributed by atoms with Gasteiger partial charge in [-0.05, 0) is 24.6 Å². The molecule has 14 heavy (non-hydrogen) atoms. The van der Waals surface area contributed by atoms with E-state index in [0.717, 1.165) is 9.87 Å². The molecule has 0 aliphatic heterocycles. The number of aryl methyl sites for hydroxylation is 1. The summed E-state index contributed by atoms with van der Waals surface area (Å²) in [5.41, 5.74) is 6.64. The normalized spacial score (nSPS) is 9.64. The van der Waals surface area contributed by atoms with Crippen molar-refractivity contribution in [2.45, 2.75) is 6.92 Å². The third-order valence-electron chi connectivity index (χ3n) is 1.77. The van der Waals surface area contributed by atoms with Gasteiger partial charge in [0.25, 0.3) is 0 Å². The Labute approximate surface area is 88.2 Å². The number of primary amides is 1. The van der Waals surface area contributed by atoms with Gasteiger partial charge in [0.2, 0.25) is 0 Å².